The summed E-state index contributed by atoms with van der Waals surface area (Å²) in [7, 11) is 0. The molecule has 1 aromatic carbocycles. The van der Waals surface area contributed by atoms with Gasteiger partial charge in [-0.2, -0.15) is 13.2 Å². The fourth-order valence-electron chi connectivity index (χ4n) is 6.78. The van der Waals surface area contributed by atoms with E-state index in [-0.39, 0.29) is 37.2 Å². The lowest BCUT2D eigenvalue weighted by Crippen LogP contribution is -2.55. The Kier molecular flexibility index (Phi) is 13.5. The van der Waals surface area contributed by atoms with Crippen molar-refractivity contribution in [1.29, 1.82) is 0 Å². The molecule has 0 bridgehead atoms. The molecule has 2 N–H and O–H groups in total. The Labute approximate surface area is 295 Å². The Bertz CT molecular complexity index is 1560. The number of anilines is 1. The highest BCUT2D eigenvalue weighted by Gasteiger charge is 2.40. The highest BCUT2D eigenvalue weighted by atomic mass is 19.4. The average Bonchev–Trinajstić information content (AvgIpc) is 3.07. The number of amides is 1. The third-order valence-corrected chi connectivity index (χ3v) is 8.79. The maximum Gasteiger partial charge on any atom is 0.434 e. The molecule has 9 nitrogen and oxygen atoms in total. The van der Waals surface area contributed by atoms with Crippen LogP contribution in [0.15, 0.2) is 48.7 Å². The van der Waals surface area contributed by atoms with Crippen LogP contribution in [0.5, 0.6) is 11.8 Å². The van der Waals surface area contributed by atoms with Gasteiger partial charge in [0.2, 0.25) is 11.8 Å². The quantitative estimate of drug-likeness (QED) is 0.152. The Hall–Kier alpha value is -3.90. The van der Waals surface area contributed by atoms with Crippen LogP contribution in [0.25, 0.3) is 11.1 Å². The Balaban J connectivity index is 1.58. The number of piperazine rings is 1. The number of carbonyl (C=O) groups is 1. The van der Waals surface area contributed by atoms with Gasteiger partial charge in [0.15, 0.2) is 5.69 Å². The van der Waals surface area contributed by atoms with E-state index in [9.17, 15) is 18.0 Å². The third kappa shape index (κ3) is 10.1. The number of ether oxygens (including phenoxy) is 2. The largest absolute Gasteiger partial charge is 0.478 e. The number of hydrogen-bond acceptors (Lipinski definition) is 8. The molecule has 0 radical (unpaired) electrons. The molecule has 1 saturated heterocycles. The zero-order valence-corrected chi connectivity index (χ0v) is 30.5. The van der Waals surface area contributed by atoms with Gasteiger partial charge in [0.1, 0.15) is 0 Å². The molecule has 4 rings (SSSR count). The molecule has 1 fully saturated rings. The first-order valence-electron chi connectivity index (χ1n) is 17.7. The van der Waals surface area contributed by atoms with Crippen LogP contribution in [0.1, 0.15) is 82.9 Å². The lowest BCUT2D eigenvalue weighted by molar-refractivity contribution is -0.141. The lowest BCUT2D eigenvalue weighted by atomic mass is 9.93. The predicted octanol–water partition coefficient (Wildman–Crippen LogP) is 7.20. The molecule has 274 valence electrons. The smallest absolute Gasteiger partial charge is 0.434 e. The van der Waals surface area contributed by atoms with Crippen LogP contribution in [-0.2, 0) is 12.7 Å². The standard InChI is InChI=1S/C38H53F3N6O3/c1-8-29-25-46(36(48)31-14-16-33(49-9-2)45-34(31)38(39,40)41)20-21-47(29)32-15-13-27(30-12-11-17-43-35(30)50-10-3)22-28(32)24-42-18-19-44-37(6,7)23-26(4)5/h11-17,22,26,29,42,44H,8-10,18-21,23-25H2,1-7H3. The molecule has 12 heteroatoms. The fourth-order valence-corrected chi connectivity index (χ4v) is 6.78. The first kappa shape index (κ1) is 38.9. The summed E-state index contributed by atoms with van der Waals surface area (Å²) < 4.78 is 53.1. The summed E-state index contributed by atoms with van der Waals surface area (Å²) in [6.07, 6.45) is -1.32. The van der Waals surface area contributed by atoms with Gasteiger partial charge in [0, 0.05) is 74.4 Å². The van der Waals surface area contributed by atoms with Crippen molar-refractivity contribution in [3.8, 4) is 22.9 Å². The molecular weight excluding hydrogens is 645 g/mol. The van der Waals surface area contributed by atoms with Gasteiger partial charge < -0.3 is 29.9 Å². The minimum absolute atomic E-state index is 0.0324. The van der Waals surface area contributed by atoms with Crippen molar-refractivity contribution in [3.63, 3.8) is 0 Å². The zero-order chi connectivity index (χ0) is 36.5. The van der Waals surface area contributed by atoms with Gasteiger partial charge in [-0.1, -0.05) is 26.8 Å². The van der Waals surface area contributed by atoms with E-state index in [0.29, 0.717) is 37.9 Å². The van der Waals surface area contributed by atoms with Gasteiger partial charge in [-0.3, -0.25) is 4.79 Å². The second kappa shape index (κ2) is 17.4. The number of aromatic nitrogens is 2. The highest BCUT2D eigenvalue weighted by molar-refractivity contribution is 5.95. The predicted molar refractivity (Wildman–Crippen MR) is 192 cm³/mol. The molecule has 1 unspecified atom stereocenters. The van der Waals surface area contributed by atoms with E-state index < -0.39 is 23.3 Å². The number of hydrogen-bond donors (Lipinski definition) is 2. The molecule has 1 aliphatic heterocycles. The van der Waals surface area contributed by atoms with E-state index in [4.69, 9.17) is 9.47 Å². The highest BCUT2D eigenvalue weighted by Crippen LogP contribution is 2.36. The summed E-state index contributed by atoms with van der Waals surface area (Å²) >= 11 is 0. The number of pyridine rings is 2. The van der Waals surface area contributed by atoms with Crippen LogP contribution in [0, 0.1) is 5.92 Å². The van der Waals surface area contributed by atoms with Crippen molar-refractivity contribution in [3.05, 3.63) is 65.5 Å². The lowest BCUT2D eigenvalue weighted by Gasteiger charge is -2.43. The number of nitrogens with zero attached hydrogens (tertiary/aromatic N) is 4. The maximum absolute atomic E-state index is 14.0. The number of benzene rings is 1. The molecule has 0 spiro atoms. The number of rotatable bonds is 16. The van der Waals surface area contributed by atoms with Crippen LogP contribution in [0.4, 0.5) is 18.9 Å². The molecule has 0 aliphatic carbocycles. The van der Waals surface area contributed by atoms with Gasteiger partial charge in [0.25, 0.3) is 5.91 Å². The van der Waals surface area contributed by atoms with Crippen molar-refractivity contribution in [2.75, 3.05) is 50.8 Å². The first-order chi connectivity index (χ1) is 23.8. The van der Waals surface area contributed by atoms with Crippen LogP contribution in [-0.4, -0.2) is 78.3 Å². The maximum atomic E-state index is 14.0. The van der Waals surface area contributed by atoms with E-state index in [1.165, 1.54) is 17.0 Å². The SMILES string of the molecule is CCOc1ccc(C(=O)N2CCN(c3ccc(-c4cccnc4OCC)cc3CNCCNC(C)(C)CC(C)C)C(CC)C2)c(C(F)(F)F)n1. The van der Waals surface area contributed by atoms with Crippen LogP contribution < -0.4 is 25.0 Å². The van der Waals surface area contributed by atoms with E-state index >= 15 is 0 Å². The minimum Gasteiger partial charge on any atom is -0.478 e. The molecule has 1 aliphatic rings. The summed E-state index contributed by atoms with van der Waals surface area (Å²) in [5, 5.41) is 7.28. The van der Waals surface area contributed by atoms with E-state index in [0.717, 1.165) is 41.9 Å². The number of alkyl halides is 3. The first-order valence-corrected chi connectivity index (χ1v) is 17.7. The zero-order valence-electron chi connectivity index (χ0n) is 30.5. The van der Waals surface area contributed by atoms with Gasteiger partial charge in [-0.05, 0) is 87.9 Å². The summed E-state index contributed by atoms with van der Waals surface area (Å²) in [6, 6.07) is 12.6. The third-order valence-electron chi connectivity index (χ3n) is 8.79. The topological polar surface area (TPSA) is 91.9 Å². The van der Waals surface area contributed by atoms with Crippen molar-refractivity contribution in [1.82, 2.24) is 25.5 Å². The Morgan fingerprint density at radius 1 is 1.02 bits per heavy atom. The summed E-state index contributed by atoms with van der Waals surface area (Å²) in [5.41, 5.74) is 2.30. The van der Waals surface area contributed by atoms with Crippen molar-refractivity contribution in [2.45, 2.75) is 85.6 Å². The van der Waals surface area contributed by atoms with E-state index in [1.54, 1.807) is 13.1 Å². The van der Waals surface area contributed by atoms with E-state index in [1.807, 2.05) is 26.0 Å². The molecule has 50 heavy (non-hydrogen) atoms. The van der Waals surface area contributed by atoms with Crippen LogP contribution >= 0.6 is 0 Å². The van der Waals surface area contributed by atoms with Gasteiger partial charge in [0.05, 0.1) is 18.8 Å². The fraction of sp³-hybridized carbons (Fsp3) is 0.553. The van der Waals surface area contributed by atoms with Crippen molar-refractivity contribution in [2.24, 2.45) is 5.92 Å². The van der Waals surface area contributed by atoms with E-state index in [2.05, 4.69) is 71.4 Å². The molecule has 0 saturated carbocycles. The monoisotopic (exact) mass is 698 g/mol. The summed E-state index contributed by atoms with van der Waals surface area (Å²) in [5.74, 6) is 0.318. The van der Waals surface area contributed by atoms with Gasteiger partial charge >= 0.3 is 6.18 Å². The number of carbonyl (C=O) groups excluding carboxylic acids is 1. The molecule has 1 atom stereocenters. The number of nitrogens with one attached hydrogen (secondary N) is 2. The molecule has 3 aromatic rings. The van der Waals surface area contributed by atoms with Crippen LogP contribution in [0.2, 0.25) is 0 Å². The molecule has 1 amide bonds. The summed E-state index contributed by atoms with van der Waals surface area (Å²) in [6.45, 7) is 18.4. The number of halogens is 3. The minimum atomic E-state index is -4.80. The van der Waals surface area contributed by atoms with Gasteiger partial charge in [-0.15, -0.1) is 0 Å². The Morgan fingerprint density at radius 2 is 1.78 bits per heavy atom. The van der Waals surface area contributed by atoms with Crippen molar-refractivity contribution < 1.29 is 27.4 Å². The Morgan fingerprint density at radius 3 is 2.46 bits per heavy atom. The molecule has 3 heterocycles. The van der Waals surface area contributed by atoms with Crippen LogP contribution in [0.3, 0.4) is 0 Å². The van der Waals surface area contributed by atoms with Gasteiger partial charge in [-0.25, -0.2) is 9.97 Å². The molecule has 2 aromatic heterocycles. The van der Waals surface area contributed by atoms with Crippen molar-refractivity contribution >= 4 is 11.6 Å². The normalized spacial score (nSPS) is 15.5. The second-order valence-electron chi connectivity index (χ2n) is 13.7. The second-order valence-corrected chi connectivity index (χ2v) is 13.7. The average molecular weight is 699 g/mol. The summed E-state index contributed by atoms with van der Waals surface area (Å²) in [4.78, 5) is 25.5. The molecular formula is C38H53F3N6O3.